The third-order valence-corrected chi connectivity index (χ3v) is 2.80. The van der Waals surface area contributed by atoms with Crippen LogP contribution in [0, 0.1) is 10.1 Å². The zero-order valence-electron chi connectivity index (χ0n) is 11.8. The van der Waals surface area contributed by atoms with Crippen LogP contribution < -0.4 is 5.32 Å². The van der Waals surface area contributed by atoms with Gasteiger partial charge in [0.05, 0.1) is 11.1 Å². The Kier molecular flexibility index (Phi) is 4.32. The van der Waals surface area contributed by atoms with E-state index in [0.29, 0.717) is 0 Å². The molecule has 21 heavy (non-hydrogen) atoms. The van der Waals surface area contributed by atoms with Crippen molar-refractivity contribution >= 4 is 11.6 Å². The van der Waals surface area contributed by atoms with E-state index < -0.39 is 4.92 Å². The lowest BCUT2D eigenvalue weighted by Crippen LogP contribution is -2.33. The van der Waals surface area contributed by atoms with Crippen LogP contribution in [-0.4, -0.2) is 26.7 Å². The molecule has 0 aliphatic heterocycles. The van der Waals surface area contributed by atoms with Crippen molar-refractivity contribution in [3.05, 3.63) is 46.8 Å². The molecule has 0 atom stereocenters. The van der Waals surface area contributed by atoms with Crippen molar-refractivity contribution in [2.24, 2.45) is 0 Å². The minimum Gasteiger partial charge on any atom is -0.352 e. The molecule has 0 aliphatic carbocycles. The van der Waals surface area contributed by atoms with Gasteiger partial charge >= 0.3 is 0 Å². The molecule has 1 aromatic heterocycles. The molecule has 1 aromatic carbocycles. The Morgan fingerprint density at radius 2 is 2.00 bits per heavy atom. The molecule has 1 N–H and O–H groups in total. The lowest BCUT2D eigenvalue weighted by atomic mass is 10.1. The third-order valence-electron chi connectivity index (χ3n) is 2.80. The predicted molar refractivity (Wildman–Crippen MR) is 77.6 cm³/mol. The van der Waals surface area contributed by atoms with Gasteiger partial charge in [0.2, 0.25) is 5.91 Å². The van der Waals surface area contributed by atoms with Crippen molar-refractivity contribution in [1.29, 1.82) is 0 Å². The molecule has 0 fully saturated rings. The molecule has 0 unspecified atom stereocenters. The Bertz CT molecular complexity index is 646. The highest BCUT2D eigenvalue weighted by atomic mass is 16.6. The van der Waals surface area contributed by atoms with Crippen molar-refractivity contribution in [3.8, 4) is 11.1 Å². The fourth-order valence-corrected chi connectivity index (χ4v) is 1.89. The molecular weight excluding hydrogens is 272 g/mol. The maximum absolute atomic E-state index is 11.6. The number of hydrogen-bond donors (Lipinski definition) is 1. The first-order chi connectivity index (χ1) is 9.95. The van der Waals surface area contributed by atoms with E-state index in [1.165, 1.54) is 16.8 Å². The van der Waals surface area contributed by atoms with Gasteiger partial charge < -0.3 is 5.32 Å². The molecule has 0 saturated heterocycles. The first-order valence-corrected chi connectivity index (χ1v) is 6.52. The van der Waals surface area contributed by atoms with Gasteiger partial charge in [-0.3, -0.25) is 19.6 Å². The highest BCUT2D eigenvalue weighted by Crippen LogP contribution is 2.21. The van der Waals surface area contributed by atoms with Gasteiger partial charge in [-0.05, 0) is 31.5 Å². The van der Waals surface area contributed by atoms with Crippen LogP contribution in [0.15, 0.2) is 36.7 Å². The standard InChI is InChI=1S/C14H16N4O3/c1-10(2)16-14(19)9-17-8-12(7-15-17)11-3-5-13(6-4-11)18(20)21/h3-8,10H,9H2,1-2H3,(H,16,19). The van der Waals surface area contributed by atoms with Gasteiger partial charge in [0.25, 0.3) is 5.69 Å². The first kappa shape index (κ1) is 14.7. The van der Waals surface area contributed by atoms with Gasteiger partial charge in [0.15, 0.2) is 0 Å². The number of nitro groups is 1. The quantitative estimate of drug-likeness (QED) is 0.673. The van der Waals surface area contributed by atoms with Crippen LogP contribution >= 0.6 is 0 Å². The molecule has 110 valence electrons. The number of nitrogens with one attached hydrogen (secondary N) is 1. The minimum absolute atomic E-state index is 0.0439. The number of nitro benzene ring substituents is 1. The van der Waals surface area contributed by atoms with Crippen LogP contribution in [0.25, 0.3) is 11.1 Å². The SMILES string of the molecule is CC(C)NC(=O)Cn1cc(-c2ccc([N+](=O)[O-])cc2)cn1. The van der Waals surface area contributed by atoms with Gasteiger partial charge in [0, 0.05) is 29.9 Å². The maximum atomic E-state index is 11.6. The number of rotatable bonds is 5. The number of aromatic nitrogens is 2. The molecule has 7 heteroatoms. The van der Waals surface area contributed by atoms with E-state index in [9.17, 15) is 14.9 Å². The van der Waals surface area contributed by atoms with Crippen LogP contribution in [0.2, 0.25) is 0 Å². The van der Waals surface area contributed by atoms with Crippen LogP contribution in [0.3, 0.4) is 0 Å². The molecule has 0 aliphatic rings. The van der Waals surface area contributed by atoms with Crippen molar-refractivity contribution in [2.45, 2.75) is 26.4 Å². The molecule has 0 spiro atoms. The van der Waals surface area contributed by atoms with Crippen LogP contribution in [0.5, 0.6) is 0 Å². The Morgan fingerprint density at radius 3 is 2.57 bits per heavy atom. The molecule has 0 bridgehead atoms. The molecule has 0 saturated carbocycles. The monoisotopic (exact) mass is 288 g/mol. The van der Waals surface area contributed by atoms with Gasteiger partial charge in [-0.2, -0.15) is 5.10 Å². The number of carbonyl (C=O) groups is 1. The summed E-state index contributed by atoms with van der Waals surface area (Å²) in [5, 5.41) is 17.5. The first-order valence-electron chi connectivity index (χ1n) is 6.52. The topological polar surface area (TPSA) is 90.1 Å². The number of amides is 1. The van der Waals surface area contributed by atoms with Crippen LogP contribution in [-0.2, 0) is 11.3 Å². The Labute approximate surface area is 121 Å². The maximum Gasteiger partial charge on any atom is 0.269 e. The van der Waals surface area contributed by atoms with E-state index in [2.05, 4.69) is 10.4 Å². The second-order valence-electron chi connectivity index (χ2n) is 4.95. The van der Waals surface area contributed by atoms with Gasteiger partial charge in [0.1, 0.15) is 6.54 Å². The normalized spacial score (nSPS) is 10.6. The second kappa shape index (κ2) is 6.17. The molecule has 2 aromatic rings. The Morgan fingerprint density at radius 1 is 1.33 bits per heavy atom. The average Bonchev–Trinajstić information content (AvgIpc) is 2.86. The predicted octanol–water partition coefficient (Wildman–Crippen LogP) is 1.98. The van der Waals surface area contributed by atoms with E-state index >= 15 is 0 Å². The summed E-state index contributed by atoms with van der Waals surface area (Å²) < 4.78 is 1.54. The van der Waals surface area contributed by atoms with E-state index in [1.807, 2.05) is 13.8 Å². The minimum atomic E-state index is -0.441. The summed E-state index contributed by atoms with van der Waals surface area (Å²) in [6.07, 6.45) is 3.37. The Balaban J connectivity index is 2.09. The lowest BCUT2D eigenvalue weighted by molar-refractivity contribution is -0.384. The number of carbonyl (C=O) groups excluding carboxylic acids is 1. The van der Waals surface area contributed by atoms with E-state index in [4.69, 9.17) is 0 Å². The van der Waals surface area contributed by atoms with E-state index in [-0.39, 0.29) is 24.2 Å². The number of hydrogen-bond acceptors (Lipinski definition) is 4. The smallest absolute Gasteiger partial charge is 0.269 e. The van der Waals surface area contributed by atoms with E-state index in [0.717, 1.165) is 11.1 Å². The van der Waals surface area contributed by atoms with Crippen molar-refractivity contribution in [1.82, 2.24) is 15.1 Å². The third kappa shape index (κ3) is 3.88. The summed E-state index contributed by atoms with van der Waals surface area (Å²) in [6.45, 7) is 3.93. The molecule has 0 radical (unpaired) electrons. The summed E-state index contributed by atoms with van der Waals surface area (Å²) in [7, 11) is 0. The molecule has 1 amide bonds. The van der Waals surface area contributed by atoms with Crippen molar-refractivity contribution in [2.75, 3.05) is 0 Å². The fourth-order valence-electron chi connectivity index (χ4n) is 1.89. The number of benzene rings is 1. The molecule has 2 rings (SSSR count). The van der Waals surface area contributed by atoms with Crippen molar-refractivity contribution in [3.63, 3.8) is 0 Å². The molecular formula is C14H16N4O3. The number of non-ortho nitro benzene ring substituents is 1. The summed E-state index contributed by atoms with van der Waals surface area (Å²) >= 11 is 0. The fraction of sp³-hybridized carbons (Fsp3) is 0.286. The highest BCUT2D eigenvalue weighted by molar-refractivity contribution is 5.76. The Hall–Kier alpha value is -2.70. The number of nitrogens with zero attached hydrogens (tertiary/aromatic N) is 3. The molecule has 1 heterocycles. The highest BCUT2D eigenvalue weighted by Gasteiger charge is 2.09. The van der Waals surface area contributed by atoms with Crippen molar-refractivity contribution < 1.29 is 9.72 Å². The zero-order valence-corrected chi connectivity index (χ0v) is 11.8. The van der Waals surface area contributed by atoms with Crippen LogP contribution in [0.4, 0.5) is 5.69 Å². The summed E-state index contributed by atoms with van der Waals surface area (Å²) in [5.41, 5.74) is 1.67. The molecule has 7 nitrogen and oxygen atoms in total. The van der Waals surface area contributed by atoms with E-state index in [1.54, 1.807) is 24.5 Å². The van der Waals surface area contributed by atoms with Gasteiger partial charge in [-0.25, -0.2) is 0 Å². The second-order valence-corrected chi connectivity index (χ2v) is 4.95. The van der Waals surface area contributed by atoms with Crippen LogP contribution in [0.1, 0.15) is 13.8 Å². The summed E-state index contributed by atoms with van der Waals surface area (Å²) in [5.74, 6) is -0.108. The lowest BCUT2D eigenvalue weighted by Gasteiger charge is -2.07. The summed E-state index contributed by atoms with van der Waals surface area (Å²) in [4.78, 5) is 21.8. The largest absolute Gasteiger partial charge is 0.352 e. The average molecular weight is 288 g/mol. The zero-order chi connectivity index (χ0) is 15.4. The van der Waals surface area contributed by atoms with Gasteiger partial charge in [-0.15, -0.1) is 0 Å². The van der Waals surface area contributed by atoms with Gasteiger partial charge in [-0.1, -0.05) is 0 Å². The summed E-state index contributed by atoms with van der Waals surface area (Å²) in [6, 6.07) is 6.29.